The second-order valence-electron chi connectivity index (χ2n) is 8.40. The van der Waals surface area contributed by atoms with Gasteiger partial charge in [-0.3, -0.25) is 4.90 Å². The number of carbonyl (C=O) groups excluding carboxylic acids is 1. The van der Waals surface area contributed by atoms with Crippen LogP contribution in [0.2, 0.25) is 0 Å². The minimum atomic E-state index is -5.08. The van der Waals surface area contributed by atoms with Crippen molar-refractivity contribution in [1.82, 2.24) is 19.7 Å². The summed E-state index contributed by atoms with van der Waals surface area (Å²) in [6.07, 6.45) is 1.61. The first kappa shape index (κ1) is 26.1. The first-order valence-corrected chi connectivity index (χ1v) is 11.6. The third-order valence-electron chi connectivity index (χ3n) is 5.96. The van der Waals surface area contributed by atoms with Crippen molar-refractivity contribution in [1.29, 1.82) is 0 Å². The van der Waals surface area contributed by atoms with Gasteiger partial charge in [0.05, 0.1) is 11.4 Å². The number of aromatic nitrogens is 3. The van der Waals surface area contributed by atoms with Gasteiger partial charge in [0.15, 0.2) is 11.5 Å². The second kappa shape index (κ2) is 10.6. The number of alkyl halides is 3. The third-order valence-corrected chi connectivity index (χ3v) is 5.96. The van der Waals surface area contributed by atoms with E-state index >= 15 is 0 Å². The Labute approximate surface area is 208 Å². The van der Waals surface area contributed by atoms with Crippen molar-refractivity contribution in [3.63, 3.8) is 0 Å². The number of hydrogen-bond acceptors (Lipinski definition) is 6. The Morgan fingerprint density at radius 1 is 1.19 bits per heavy atom. The lowest BCUT2D eigenvalue weighted by atomic mass is 10.1. The van der Waals surface area contributed by atoms with Crippen molar-refractivity contribution >= 4 is 34.8 Å². The number of aliphatic carboxylic acids is 1. The largest absolute Gasteiger partial charge is 0.490 e. The molecule has 2 aliphatic heterocycles. The van der Waals surface area contributed by atoms with Crippen molar-refractivity contribution in [2.45, 2.75) is 25.9 Å². The van der Waals surface area contributed by atoms with Crippen molar-refractivity contribution in [3.8, 4) is 0 Å². The first-order valence-electron chi connectivity index (χ1n) is 11.6. The van der Waals surface area contributed by atoms with Gasteiger partial charge in [-0.2, -0.15) is 13.2 Å². The molecule has 3 N–H and O–H groups in total. The molecule has 10 nitrogen and oxygen atoms in total. The lowest BCUT2D eigenvalue weighted by Gasteiger charge is -2.31. The Morgan fingerprint density at radius 2 is 1.89 bits per heavy atom. The fourth-order valence-electron chi connectivity index (χ4n) is 4.21. The summed E-state index contributed by atoms with van der Waals surface area (Å²) >= 11 is 0. The summed E-state index contributed by atoms with van der Waals surface area (Å²) in [5, 5.41) is 13.3. The van der Waals surface area contributed by atoms with E-state index in [1.807, 2.05) is 13.0 Å². The zero-order chi connectivity index (χ0) is 26.7. The molecule has 2 aliphatic rings. The van der Waals surface area contributed by atoms with E-state index in [0.717, 1.165) is 49.5 Å². The fraction of sp³-hybridized carbons (Fsp3) is 0.391. The molecule has 0 saturated carbocycles. The van der Waals surface area contributed by atoms with Crippen molar-refractivity contribution in [2.75, 3.05) is 47.8 Å². The standard InChI is InChI=1S/C21H24FN7O.C2HF3O2/c1-2-14-12-28-13-15(11-17(22)20(28)25-14)26-21(30)29-8-4-16-18(3-5-24-19(16)29)27-9-6-23-7-10-27;3-2(4,5)1(6)7/h3,5,11-13,23H,2,4,6-10H2,1H3,(H,26,30);(H,6,7). The van der Waals surface area contributed by atoms with Crippen LogP contribution >= 0.6 is 0 Å². The molecule has 0 radical (unpaired) electrons. The number of pyridine rings is 2. The monoisotopic (exact) mass is 523 g/mol. The lowest BCUT2D eigenvalue weighted by Crippen LogP contribution is -2.43. The molecule has 0 bridgehead atoms. The van der Waals surface area contributed by atoms with Crippen LogP contribution in [0.3, 0.4) is 0 Å². The predicted molar refractivity (Wildman–Crippen MR) is 128 cm³/mol. The Kier molecular flexibility index (Phi) is 7.47. The summed E-state index contributed by atoms with van der Waals surface area (Å²) in [5.74, 6) is -2.54. The lowest BCUT2D eigenvalue weighted by molar-refractivity contribution is -0.192. The van der Waals surface area contributed by atoms with Crippen molar-refractivity contribution in [2.24, 2.45) is 0 Å². The molecule has 0 aromatic carbocycles. The number of amides is 2. The molecule has 1 fully saturated rings. The van der Waals surface area contributed by atoms with Gasteiger partial charge in [-0.15, -0.1) is 0 Å². The number of piperazine rings is 1. The van der Waals surface area contributed by atoms with E-state index in [1.54, 1.807) is 27.9 Å². The van der Waals surface area contributed by atoms with Gasteiger partial charge in [-0.05, 0) is 18.9 Å². The molecule has 3 aromatic heterocycles. The molecule has 37 heavy (non-hydrogen) atoms. The number of urea groups is 1. The molecule has 198 valence electrons. The Hall–Kier alpha value is -3.94. The number of hydrogen-bond donors (Lipinski definition) is 3. The highest BCUT2D eigenvalue weighted by molar-refractivity contribution is 6.03. The molecule has 0 aliphatic carbocycles. The van der Waals surface area contributed by atoms with Gasteiger partial charge in [0.1, 0.15) is 5.82 Å². The molecular formula is C23H25F4N7O3. The number of carboxylic acids is 1. The van der Waals surface area contributed by atoms with Gasteiger partial charge >= 0.3 is 18.2 Å². The zero-order valence-corrected chi connectivity index (χ0v) is 19.8. The van der Waals surface area contributed by atoms with E-state index in [4.69, 9.17) is 9.90 Å². The molecule has 3 aromatic rings. The molecule has 1 saturated heterocycles. The van der Waals surface area contributed by atoms with E-state index < -0.39 is 18.0 Å². The molecule has 0 unspecified atom stereocenters. The molecular weight excluding hydrogens is 498 g/mol. The molecule has 5 rings (SSSR count). The maximum Gasteiger partial charge on any atom is 0.490 e. The van der Waals surface area contributed by atoms with Gasteiger partial charge in [0.25, 0.3) is 0 Å². The van der Waals surface area contributed by atoms with Gasteiger partial charge in [-0.25, -0.2) is 23.9 Å². The number of aryl methyl sites for hydroxylation is 1. The number of anilines is 3. The zero-order valence-electron chi connectivity index (χ0n) is 19.8. The predicted octanol–water partition coefficient (Wildman–Crippen LogP) is 3.07. The van der Waals surface area contributed by atoms with Crippen LogP contribution in [0.15, 0.2) is 30.7 Å². The topological polar surface area (TPSA) is 115 Å². The summed E-state index contributed by atoms with van der Waals surface area (Å²) in [6, 6.07) is 3.02. The number of fused-ring (bicyclic) bond motifs is 2. The average molecular weight is 523 g/mol. The third kappa shape index (κ3) is 5.74. The van der Waals surface area contributed by atoms with Crippen LogP contribution in [0, 0.1) is 5.82 Å². The maximum atomic E-state index is 14.5. The van der Waals surface area contributed by atoms with Crippen LogP contribution in [-0.4, -0.2) is 70.4 Å². The highest BCUT2D eigenvalue weighted by Gasteiger charge is 2.38. The van der Waals surface area contributed by atoms with E-state index in [9.17, 15) is 22.4 Å². The SMILES string of the molecule is CCc1cn2cc(NC(=O)N3CCc4c(N5CCNCC5)ccnc43)cc(F)c2n1.O=C(O)C(F)(F)F. The summed E-state index contributed by atoms with van der Waals surface area (Å²) in [4.78, 5) is 34.6. The number of nitrogens with one attached hydrogen (secondary N) is 2. The summed E-state index contributed by atoms with van der Waals surface area (Å²) < 4.78 is 47.8. The summed E-state index contributed by atoms with van der Waals surface area (Å²) in [5.41, 5.74) is 3.69. The minimum absolute atomic E-state index is 0.263. The van der Waals surface area contributed by atoms with Gasteiger partial charge in [0.2, 0.25) is 0 Å². The summed E-state index contributed by atoms with van der Waals surface area (Å²) in [7, 11) is 0. The van der Waals surface area contributed by atoms with Crippen LogP contribution in [0.5, 0.6) is 0 Å². The van der Waals surface area contributed by atoms with E-state index in [2.05, 4.69) is 25.5 Å². The Morgan fingerprint density at radius 3 is 2.54 bits per heavy atom. The van der Waals surface area contributed by atoms with Crippen LogP contribution in [0.4, 0.5) is 39.5 Å². The normalized spacial score (nSPS) is 15.3. The highest BCUT2D eigenvalue weighted by Crippen LogP contribution is 2.34. The smallest absolute Gasteiger partial charge is 0.475 e. The van der Waals surface area contributed by atoms with Gasteiger partial charge < -0.3 is 25.0 Å². The van der Waals surface area contributed by atoms with E-state index in [-0.39, 0.29) is 11.7 Å². The average Bonchev–Trinajstić information content (AvgIpc) is 3.49. The Bertz CT molecular complexity index is 1310. The second-order valence-corrected chi connectivity index (χ2v) is 8.40. The van der Waals surface area contributed by atoms with Crippen LogP contribution in [-0.2, 0) is 17.6 Å². The summed E-state index contributed by atoms with van der Waals surface area (Å²) in [6.45, 7) is 6.29. The molecule has 0 spiro atoms. The van der Waals surface area contributed by atoms with Gasteiger partial charge in [0, 0.05) is 68.6 Å². The van der Waals surface area contributed by atoms with Crippen molar-refractivity contribution in [3.05, 3.63) is 47.8 Å². The van der Waals surface area contributed by atoms with E-state index in [0.29, 0.717) is 24.5 Å². The van der Waals surface area contributed by atoms with Gasteiger partial charge in [-0.1, -0.05) is 6.92 Å². The van der Waals surface area contributed by atoms with Crippen molar-refractivity contribution < 1.29 is 32.3 Å². The molecule has 0 atom stereocenters. The number of nitrogens with zero attached hydrogens (tertiary/aromatic N) is 5. The quantitative estimate of drug-likeness (QED) is 0.452. The van der Waals surface area contributed by atoms with Crippen LogP contribution in [0.1, 0.15) is 18.2 Å². The van der Waals surface area contributed by atoms with Crippen LogP contribution in [0.25, 0.3) is 5.65 Å². The molecule has 5 heterocycles. The highest BCUT2D eigenvalue weighted by atomic mass is 19.4. The van der Waals surface area contributed by atoms with E-state index in [1.165, 1.54) is 6.07 Å². The number of carboxylic acid groups (broad SMARTS) is 1. The molecule has 2 amide bonds. The molecule has 14 heteroatoms. The number of imidazole rings is 1. The maximum absolute atomic E-state index is 14.5. The number of halogens is 4. The fourth-order valence-corrected chi connectivity index (χ4v) is 4.21. The Balaban J connectivity index is 0.000000405. The number of carbonyl (C=O) groups is 2. The number of rotatable bonds is 3. The van der Waals surface area contributed by atoms with Crippen LogP contribution < -0.4 is 20.4 Å². The minimum Gasteiger partial charge on any atom is -0.475 e. The first-order chi connectivity index (χ1) is 17.6.